The van der Waals surface area contributed by atoms with Gasteiger partial charge in [0.25, 0.3) is 0 Å². The van der Waals surface area contributed by atoms with E-state index in [0.29, 0.717) is 0 Å². The van der Waals surface area contributed by atoms with Crippen LogP contribution in [0.3, 0.4) is 0 Å². The molecule has 0 heterocycles. The topological polar surface area (TPSA) is 0 Å². The lowest BCUT2D eigenvalue weighted by Gasteiger charge is -2.16. The second-order valence-electron chi connectivity index (χ2n) is 4.83. The van der Waals surface area contributed by atoms with Crippen molar-refractivity contribution in [3.8, 4) is 11.1 Å². The van der Waals surface area contributed by atoms with Crippen LogP contribution < -0.4 is 0 Å². The van der Waals surface area contributed by atoms with Crippen LogP contribution in [0.5, 0.6) is 0 Å². The summed E-state index contributed by atoms with van der Waals surface area (Å²) in [5.41, 5.74) is 7.35. The van der Waals surface area contributed by atoms with Crippen LogP contribution in [0.15, 0.2) is 24.3 Å². The molecule has 0 aliphatic rings. The van der Waals surface area contributed by atoms with Crippen molar-refractivity contribution in [3.63, 3.8) is 0 Å². The first-order chi connectivity index (χ1) is 8.40. The molecule has 0 spiro atoms. The first-order valence-electron chi connectivity index (χ1n) is 5.94. The Bertz CT molecular complexity index is 511. The zero-order valence-electron chi connectivity index (χ0n) is 11.1. The van der Waals surface area contributed by atoms with Gasteiger partial charge < -0.3 is 0 Å². The second-order valence-corrected chi connectivity index (χ2v) is 5.70. The third-order valence-electron chi connectivity index (χ3n) is 3.24. The van der Waals surface area contributed by atoms with Crippen molar-refractivity contribution < 1.29 is 0 Å². The van der Waals surface area contributed by atoms with Gasteiger partial charge in [0.15, 0.2) is 0 Å². The molecule has 0 aromatic heterocycles. The van der Waals surface area contributed by atoms with E-state index in [4.69, 9.17) is 23.2 Å². The lowest BCUT2D eigenvalue weighted by atomic mass is 9.90. The van der Waals surface area contributed by atoms with Crippen molar-refractivity contribution >= 4 is 23.2 Å². The fraction of sp³-hybridized carbons (Fsp3) is 0.250. The molecule has 2 heteroatoms. The summed E-state index contributed by atoms with van der Waals surface area (Å²) < 4.78 is 0. The zero-order valence-corrected chi connectivity index (χ0v) is 12.6. The van der Waals surface area contributed by atoms with Gasteiger partial charge in [-0.05, 0) is 85.3 Å². The molecule has 0 atom stereocenters. The van der Waals surface area contributed by atoms with Gasteiger partial charge in [-0.3, -0.25) is 0 Å². The Morgan fingerprint density at radius 2 is 0.778 bits per heavy atom. The average molecular weight is 279 g/mol. The average Bonchev–Trinajstić information content (AvgIpc) is 2.20. The summed E-state index contributed by atoms with van der Waals surface area (Å²) in [6.45, 7) is 8.40. The van der Waals surface area contributed by atoms with Crippen LogP contribution >= 0.6 is 23.2 Å². The molecule has 2 rings (SSSR count). The second kappa shape index (κ2) is 4.95. The molecule has 0 bridgehead atoms. The number of rotatable bonds is 1. The minimum Gasteiger partial charge on any atom is -0.0843 e. The van der Waals surface area contributed by atoms with E-state index in [-0.39, 0.29) is 0 Å². The van der Waals surface area contributed by atoms with Gasteiger partial charge in [0.1, 0.15) is 0 Å². The number of halogens is 2. The van der Waals surface area contributed by atoms with Gasteiger partial charge in [-0.25, -0.2) is 0 Å². The van der Waals surface area contributed by atoms with E-state index < -0.39 is 0 Å². The van der Waals surface area contributed by atoms with Crippen LogP contribution in [0.25, 0.3) is 11.1 Å². The summed E-state index contributed by atoms with van der Waals surface area (Å²) in [7, 11) is 0. The molecule has 0 unspecified atom stereocenters. The largest absolute Gasteiger partial charge is 0.0843 e. The molecule has 2 aromatic carbocycles. The molecule has 0 radical (unpaired) electrons. The molecule has 0 amide bonds. The van der Waals surface area contributed by atoms with Crippen molar-refractivity contribution in [2.75, 3.05) is 0 Å². The third-order valence-corrected chi connectivity index (χ3v) is 3.68. The van der Waals surface area contributed by atoms with Crippen molar-refractivity contribution in [3.05, 3.63) is 56.6 Å². The minimum absolute atomic E-state index is 0.790. The van der Waals surface area contributed by atoms with Crippen LogP contribution in [0.2, 0.25) is 10.0 Å². The maximum absolute atomic E-state index is 6.09. The molecule has 0 saturated heterocycles. The number of aryl methyl sites for hydroxylation is 4. The number of hydrogen-bond donors (Lipinski definition) is 0. The number of benzene rings is 2. The summed E-state index contributed by atoms with van der Waals surface area (Å²) in [6, 6.07) is 8.05. The normalized spacial score (nSPS) is 10.8. The Kier molecular flexibility index (Phi) is 3.70. The Balaban J connectivity index is 2.78. The van der Waals surface area contributed by atoms with E-state index in [0.717, 1.165) is 10.0 Å². The van der Waals surface area contributed by atoms with Gasteiger partial charge >= 0.3 is 0 Å². The quantitative estimate of drug-likeness (QED) is 0.610. The lowest BCUT2D eigenvalue weighted by molar-refractivity contribution is 1.32. The zero-order chi connectivity index (χ0) is 13.4. The fourth-order valence-electron chi connectivity index (χ4n) is 2.61. The van der Waals surface area contributed by atoms with Gasteiger partial charge in [0.05, 0.1) is 0 Å². The van der Waals surface area contributed by atoms with Gasteiger partial charge in [-0.2, -0.15) is 0 Å². The molecule has 0 N–H and O–H groups in total. The van der Waals surface area contributed by atoms with E-state index >= 15 is 0 Å². The minimum atomic E-state index is 0.790. The van der Waals surface area contributed by atoms with Crippen LogP contribution in [0, 0.1) is 27.7 Å². The van der Waals surface area contributed by atoms with Crippen molar-refractivity contribution in [1.82, 2.24) is 0 Å². The predicted molar refractivity (Wildman–Crippen MR) is 80.8 cm³/mol. The summed E-state index contributed by atoms with van der Waals surface area (Å²) >= 11 is 12.2. The summed E-state index contributed by atoms with van der Waals surface area (Å²) in [5, 5.41) is 1.58. The highest BCUT2D eigenvalue weighted by atomic mass is 35.5. The summed E-state index contributed by atoms with van der Waals surface area (Å²) in [5.74, 6) is 0. The molecule has 0 aliphatic carbocycles. The highest BCUT2D eigenvalue weighted by Gasteiger charge is 2.12. The first-order valence-corrected chi connectivity index (χ1v) is 6.69. The molecule has 0 fully saturated rings. The summed E-state index contributed by atoms with van der Waals surface area (Å²) in [4.78, 5) is 0. The van der Waals surface area contributed by atoms with Crippen LogP contribution in [0.4, 0.5) is 0 Å². The van der Waals surface area contributed by atoms with E-state index in [1.54, 1.807) is 0 Å². The van der Waals surface area contributed by atoms with Gasteiger partial charge in [0, 0.05) is 10.0 Å². The molecule has 0 saturated carbocycles. The highest BCUT2D eigenvalue weighted by molar-refractivity contribution is 6.31. The van der Waals surface area contributed by atoms with Crippen LogP contribution in [0.1, 0.15) is 22.3 Å². The Hall–Kier alpha value is -0.980. The van der Waals surface area contributed by atoms with Crippen molar-refractivity contribution in [2.24, 2.45) is 0 Å². The predicted octanol–water partition coefficient (Wildman–Crippen LogP) is 5.89. The maximum Gasteiger partial charge on any atom is 0.0411 e. The van der Waals surface area contributed by atoms with Crippen LogP contribution in [-0.4, -0.2) is 0 Å². The van der Waals surface area contributed by atoms with E-state index in [1.165, 1.54) is 33.4 Å². The monoisotopic (exact) mass is 278 g/mol. The molecule has 18 heavy (non-hydrogen) atoms. The molecular weight excluding hydrogens is 263 g/mol. The SMILES string of the molecule is Cc1cc(Cl)cc(C)c1-c1c(C)cc(Cl)cc1C. The molecular formula is C16H16Cl2. The van der Waals surface area contributed by atoms with Gasteiger partial charge in [0.2, 0.25) is 0 Å². The molecule has 2 aromatic rings. The fourth-order valence-corrected chi connectivity index (χ4v) is 3.26. The van der Waals surface area contributed by atoms with Gasteiger partial charge in [-0.15, -0.1) is 0 Å². The third kappa shape index (κ3) is 2.41. The molecule has 0 nitrogen and oxygen atoms in total. The van der Waals surface area contributed by atoms with E-state index in [1.807, 2.05) is 24.3 Å². The van der Waals surface area contributed by atoms with Crippen LogP contribution in [-0.2, 0) is 0 Å². The first kappa shape index (κ1) is 13.5. The Morgan fingerprint density at radius 3 is 1.00 bits per heavy atom. The lowest BCUT2D eigenvalue weighted by Crippen LogP contribution is -1.94. The number of hydrogen-bond acceptors (Lipinski definition) is 0. The standard InChI is InChI=1S/C16H16Cl2/c1-9-5-13(17)6-10(2)15(9)16-11(3)7-14(18)8-12(16)4/h5-8H,1-4H3. The van der Waals surface area contributed by atoms with E-state index in [9.17, 15) is 0 Å². The highest BCUT2D eigenvalue weighted by Crippen LogP contribution is 2.35. The van der Waals surface area contributed by atoms with Crippen molar-refractivity contribution in [2.45, 2.75) is 27.7 Å². The van der Waals surface area contributed by atoms with Gasteiger partial charge in [-0.1, -0.05) is 23.2 Å². The maximum atomic E-state index is 6.09. The molecule has 94 valence electrons. The Labute approximate surface area is 119 Å². The summed E-state index contributed by atoms with van der Waals surface area (Å²) in [6.07, 6.45) is 0. The Morgan fingerprint density at radius 1 is 0.556 bits per heavy atom. The molecule has 0 aliphatic heterocycles. The van der Waals surface area contributed by atoms with Crippen molar-refractivity contribution in [1.29, 1.82) is 0 Å². The van der Waals surface area contributed by atoms with E-state index in [2.05, 4.69) is 27.7 Å². The smallest absolute Gasteiger partial charge is 0.0411 e.